The molecule has 5 rings (SSSR count). The Balaban J connectivity index is 1.52. The highest BCUT2D eigenvalue weighted by molar-refractivity contribution is 6.32. The third-order valence-corrected chi connectivity index (χ3v) is 8.53. The largest absolute Gasteiger partial charge is 0.356 e. The zero-order chi connectivity index (χ0) is 24.4. The molecule has 2 atom stereocenters. The highest BCUT2D eigenvalue weighted by Gasteiger charge is 2.51. The molecule has 0 spiro atoms. The van der Waals surface area contributed by atoms with Crippen molar-refractivity contribution in [1.29, 1.82) is 0 Å². The van der Waals surface area contributed by atoms with E-state index < -0.39 is 0 Å². The first-order valence-corrected chi connectivity index (χ1v) is 13.3. The summed E-state index contributed by atoms with van der Waals surface area (Å²) in [7, 11) is 0. The quantitative estimate of drug-likeness (QED) is 0.371. The van der Waals surface area contributed by atoms with Crippen LogP contribution >= 0.6 is 23.2 Å². The Bertz CT molecular complexity index is 1120. The fourth-order valence-corrected chi connectivity index (χ4v) is 6.95. The standard InChI is InChI=1S/C30H32Cl2N2O/c1-21(35)33-20-30(17-22-9-3-2-4-10-22)18-23-15-16-24(19-30)34(23)29(25-11-5-7-13-27(25)31)26-12-6-8-14-28(26)32/h2-14,23-24,29H,15-20H2,1H3,(H,33,35)/t23-,24-/m0/s1. The number of amides is 1. The first-order valence-electron chi connectivity index (χ1n) is 12.5. The van der Waals surface area contributed by atoms with E-state index in [-0.39, 0.29) is 17.4 Å². The van der Waals surface area contributed by atoms with Crippen LogP contribution < -0.4 is 5.32 Å². The second kappa shape index (κ2) is 10.3. The van der Waals surface area contributed by atoms with Crippen LogP contribution in [0.1, 0.15) is 55.3 Å². The van der Waals surface area contributed by atoms with Gasteiger partial charge in [0.2, 0.25) is 5.91 Å². The number of nitrogens with zero attached hydrogens (tertiary/aromatic N) is 1. The SMILES string of the molecule is CC(=O)NCC1(Cc2ccccc2)C[C@@H]2CC[C@@H](C1)N2C(c1ccccc1Cl)c1ccccc1Cl. The van der Waals surface area contributed by atoms with Gasteiger partial charge in [0.1, 0.15) is 0 Å². The zero-order valence-electron chi connectivity index (χ0n) is 20.1. The fraction of sp³-hybridized carbons (Fsp3) is 0.367. The van der Waals surface area contributed by atoms with Crippen molar-refractivity contribution in [2.75, 3.05) is 6.54 Å². The van der Waals surface area contributed by atoms with E-state index in [1.165, 1.54) is 5.56 Å². The van der Waals surface area contributed by atoms with Crippen molar-refractivity contribution in [3.63, 3.8) is 0 Å². The molecule has 0 saturated carbocycles. The summed E-state index contributed by atoms with van der Waals surface area (Å²) in [4.78, 5) is 14.6. The number of fused-ring (bicyclic) bond motifs is 2. The smallest absolute Gasteiger partial charge is 0.216 e. The second-order valence-electron chi connectivity index (χ2n) is 10.3. The molecule has 2 aliphatic rings. The van der Waals surface area contributed by atoms with Gasteiger partial charge in [-0.05, 0) is 66.3 Å². The van der Waals surface area contributed by atoms with E-state index in [9.17, 15) is 4.79 Å². The average Bonchev–Trinajstić information content (AvgIpc) is 3.11. The normalized spacial score (nSPS) is 24.0. The minimum Gasteiger partial charge on any atom is -0.356 e. The third-order valence-electron chi connectivity index (χ3n) is 7.85. The number of piperidine rings is 1. The van der Waals surface area contributed by atoms with Gasteiger partial charge in [0.25, 0.3) is 0 Å². The Hall–Kier alpha value is -2.33. The van der Waals surface area contributed by atoms with E-state index in [0.717, 1.165) is 53.3 Å². The molecule has 5 heteroatoms. The molecule has 0 aliphatic carbocycles. The third kappa shape index (κ3) is 5.14. The molecular formula is C30H32Cl2N2O. The Morgan fingerprint density at radius 2 is 1.40 bits per heavy atom. The van der Waals surface area contributed by atoms with Crippen LogP contribution in [0.3, 0.4) is 0 Å². The number of rotatable bonds is 7. The van der Waals surface area contributed by atoms with Gasteiger partial charge >= 0.3 is 0 Å². The molecule has 0 unspecified atom stereocenters. The van der Waals surface area contributed by atoms with Gasteiger partial charge in [-0.15, -0.1) is 0 Å². The molecule has 1 N–H and O–H groups in total. The van der Waals surface area contributed by atoms with Gasteiger partial charge in [-0.2, -0.15) is 0 Å². The van der Waals surface area contributed by atoms with Crippen molar-refractivity contribution in [2.24, 2.45) is 5.41 Å². The number of carbonyl (C=O) groups excluding carboxylic acids is 1. The molecule has 182 valence electrons. The summed E-state index contributed by atoms with van der Waals surface area (Å²) >= 11 is 13.6. The maximum atomic E-state index is 11.9. The van der Waals surface area contributed by atoms with Crippen molar-refractivity contribution < 1.29 is 4.79 Å². The second-order valence-corrected chi connectivity index (χ2v) is 11.1. The Kier molecular flexibility index (Phi) is 7.20. The first-order chi connectivity index (χ1) is 17.0. The molecule has 2 saturated heterocycles. The summed E-state index contributed by atoms with van der Waals surface area (Å²) in [6.45, 7) is 2.33. The topological polar surface area (TPSA) is 32.3 Å². The van der Waals surface area contributed by atoms with Crippen molar-refractivity contribution in [2.45, 2.75) is 57.2 Å². The van der Waals surface area contributed by atoms with Crippen LogP contribution in [0, 0.1) is 5.41 Å². The summed E-state index contributed by atoms with van der Waals surface area (Å²) in [5, 5.41) is 4.72. The highest BCUT2D eigenvalue weighted by atomic mass is 35.5. The lowest BCUT2D eigenvalue weighted by Gasteiger charge is -2.50. The van der Waals surface area contributed by atoms with E-state index >= 15 is 0 Å². The van der Waals surface area contributed by atoms with Gasteiger partial charge < -0.3 is 5.32 Å². The first kappa shape index (κ1) is 24.4. The number of nitrogens with one attached hydrogen (secondary N) is 1. The highest BCUT2D eigenvalue weighted by Crippen LogP contribution is 2.52. The van der Waals surface area contributed by atoms with Crippen molar-refractivity contribution >= 4 is 29.1 Å². The number of benzene rings is 3. The van der Waals surface area contributed by atoms with Gasteiger partial charge in [-0.25, -0.2) is 0 Å². The summed E-state index contributed by atoms with van der Waals surface area (Å²) in [5.74, 6) is 0.0391. The minimum absolute atomic E-state index is 0.00499. The van der Waals surface area contributed by atoms with Crippen LogP contribution in [0.4, 0.5) is 0 Å². The molecule has 35 heavy (non-hydrogen) atoms. The molecule has 3 nitrogen and oxygen atoms in total. The molecule has 2 bridgehead atoms. The molecule has 0 radical (unpaired) electrons. The van der Waals surface area contributed by atoms with Gasteiger partial charge in [-0.1, -0.05) is 89.9 Å². The average molecular weight is 508 g/mol. The molecule has 1 amide bonds. The van der Waals surface area contributed by atoms with Crippen molar-refractivity contribution in [3.8, 4) is 0 Å². The van der Waals surface area contributed by atoms with E-state index in [1.807, 2.05) is 24.3 Å². The van der Waals surface area contributed by atoms with E-state index in [0.29, 0.717) is 18.6 Å². The molecule has 0 aromatic heterocycles. The molecular weight excluding hydrogens is 475 g/mol. The van der Waals surface area contributed by atoms with Crippen LogP contribution in [0.15, 0.2) is 78.9 Å². The Morgan fingerprint density at radius 3 is 1.91 bits per heavy atom. The van der Waals surface area contributed by atoms with Gasteiger partial charge in [-0.3, -0.25) is 9.69 Å². The number of carbonyl (C=O) groups is 1. The van der Waals surface area contributed by atoms with E-state index in [2.05, 4.69) is 64.8 Å². The van der Waals surface area contributed by atoms with Crippen LogP contribution in [0.25, 0.3) is 0 Å². The molecule has 2 heterocycles. The summed E-state index contributed by atoms with van der Waals surface area (Å²) in [6.07, 6.45) is 5.32. The lowest BCUT2D eigenvalue weighted by Crippen LogP contribution is -2.53. The predicted molar refractivity (Wildman–Crippen MR) is 144 cm³/mol. The number of hydrogen-bond acceptors (Lipinski definition) is 2. The monoisotopic (exact) mass is 506 g/mol. The number of hydrogen-bond donors (Lipinski definition) is 1. The van der Waals surface area contributed by atoms with Crippen molar-refractivity contribution in [3.05, 3.63) is 106 Å². The lowest BCUT2D eigenvalue weighted by atomic mass is 9.70. The van der Waals surface area contributed by atoms with Crippen molar-refractivity contribution in [1.82, 2.24) is 10.2 Å². The maximum absolute atomic E-state index is 11.9. The molecule has 3 aromatic carbocycles. The molecule has 2 fully saturated rings. The van der Waals surface area contributed by atoms with Crippen LogP contribution in [-0.4, -0.2) is 29.4 Å². The minimum atomic E-state index is 0.00499. The lowest BCUT2D eigenvalue weighted by molar-refractivity contribution is -0.119. The van der Waals surface area contributed by atoms with E-state index in [4.69, 9.17) is 23.2 Å². The summed E-state index contributed by atoms with van der Waals surface area (Å²) < 4.78 is 0. The van der Waals surface area contributed by atoms with Gasteiger partial charge in [0.05, 0.1) is 6.04 Å². The number of halogens is 2. The van der Waals surface area contributed by atoms with Gasteiger partial charge in [0, 0.05) is 35.6 Å². The fourth-order valence-electron chi connectivity index (χ4n) is 6.48. The maximum Gasteiger partial charge on any atom is 0.216 e. The van der Waals surface area contributed by atoms with Crippen LogP contribution in [0.2, 0.25) is 10.0 Å². The zero-order valence-corrected chi connectivity index (χ0v) is 21.6. The predicted octanol–water partition coefficient (Wildman–Crippen LogP) is 7.07. The van der Waals surface area contributed by atoms with Crippen LogP contribution in [0.5, 0.6) is 0 Å². The van der Waals surface area contributed by atoms with Crippen LogP contribution in [-0.2, 0) is 11.2 Å². The summed E-state index contributed by atoms with van der Waals surface area (Å²) in [6, 6.07) is 27.8. The van der Waals surface area contributed by atoms with Gasteiger partial charge in [0.15, 0.2) is 0 Å². The van der Waals surface area contributed by atoms with E-state index in [1.54, 1.807) is 6.92 Å². The summed E-state index contributed by atoms with van der Waals surface area (Å²) in [5.41, 5.74) is 3.58. The Morgan fingerprint density at radius 1 is 0.886 bits per heavy atom. The Labute approximate surface area is 218 Å². The molecule has 3 aromatic rings. The molecule has 2 aliphatic heterocycles.